The summed E-state index contributed by atoms with van der Waals surface area (Å²) in [6.07, 6.45) is 0. The predicted molar refractivity (Wildman–Crippen MR) is 112 cm³/mol. The zero-order valence-electron chi connectivity index (χ0n) is 14.7. The zero-order valence-corrected chi connectivity index (χ0v) is 16.3. The SMILES string of the molecule is CC1=Nc2cc(C(=O)NCc3cccc(Cl)c3)ccc2Sc2ccccc21. The molecule has 0 unspecified atom stereocenters. The Labute approximate surface area is 167 Å². The summed E-state index contributed by atoms with van der Waals surface area (Å²) < 4.78 is 0. The topological polar surface area (TPSA) is 41.5 Å². The van der Waals surface area contributed by atoms with Crippen LogP contribution in [0.15, 0.2) is 81.5 Å². The van der Waals surface area contributed by atoms with Crippen molar-refractivity contribution in [2.24, 2.45) is 4.99 Å². The van der Waals surface area contributed by atoms with E-state index in [2.05, 4.69) is 17.4 Å². The highest BCUT2D eigenvalue weighted by Gasteiger charge is 2.16. The van der Waals surface area contributed by atoms with Gasteiger partial charge >= 0.3 is 0 Å². The summed E-state index contributed by atoms with van der Waals surface area (Å²) >= 11 is 7.67. The highest BCUT2D eigenvalue weighted by molar-refractivity contribution is 7.99. The second kappa shape index (κ2) is 7.59. The Hall–Kier alpha value is -2.56. The molecular weight excluding hydrogens is 376 g/mol. The van der Waals surface area contributed by atoms with Gasteiger partial charge < -0.3 is 5.32 Å². The maximum Gasteiger partial charge on any atom is 0.251 e. The third kappa shape index (κ3) is 3.92. The van der Waals surface area contributed by atoms with E-state index in [-0.39, 0.29) is 5.91 Å². The fourth-order valence-electron chi connectivity index (χ4n) is 2.98. The number of carbonyl (C=O) groups excluding carboxylic acids is 1. The number of hydrogen-bond acceptors (Lipinski definition) is 3. The number of halogens is 1. The van der Waals surface area contributed by atoms with E-state index in [1.54, 1.807) is 11.8 Å². The molecule has 0 spiro atoms. The summed E-state index contributed by atoms with van der Waals surface area (Å²) in [5.41, 5.74) is 4.47. The number of nitrogens with one attached hydrogen (secondary N) is 1. The first-order chi connectivity index (χ1) is 13.1. The van der Waals surface area contributed by atoms with Crippen LogP contribution in [0.2, 0.25) is 5.02 Å². The molecule has 3 aromatic rings. The molecule has 1 heterocycles. The molecule has 0 aromatic heterocycles. The van der Waals surface area contributed by atoms with Gasteiger partial charge in [-0.05, 0) is 48.9 Å². The van der Waals surface area contributed by atoms with Crippen LogP contribution in [0.1, 0.15) is 28.4 Å². The Morgan fingerprint density at radius 3 is 2.74 bits per heavy atom. The van der Waals surface area contributed by atoms with E-state index < -0.39 is 0 Å². The van der Waals surface area contributed by atoms with Crippen molar-refractivity contribution in [3.05, 3.63) is 88.4 Å². The molecule has 0 fully saturated rings. The monoisotopic (exact) mass is 392 g/mol. The number of rotatable bonds is 3. The Balaban J connectivity index is 1.57. The molecule has 4 rings (SSSR count). The molecule has 1 aliphatic heterocycles. The van der Waals surface area contributed by atoms with Crippen LogP contribution in [0.3, 0.4) is 0 Å². The Kier molecular flexibility index (Phi) is 5.01. The third-order valence-corrected chi connectivity index (χ3v) is 5.72. The van der Waals surface area contributed by atoms with Crippen molar-refractivity contribution < 1.29 is 4.79 Å². The van der Waals surface area contributed by atoms with Crippen molar-refractivity contribution >= 4 is 40.7 Å². The van der Waals surface area contributed by atoms with Gasteiger partial charge in [0.2, 0.25) is 0 Å². The smallest absolute Gasteiger partial charge is 0.251 e. The van der Waals surface area contributed by atoms with Crippen molar-refractivity contribution in [1.29, 1.82) is 0 Å². The van der Waals surface area contributed by atoms with Gasteiger partial charge in [0.15, 0.2) is 0 Å². The van der Waals surface area contributed by atoms with E-state index in [0.717, 1.165) is 27.4 Å². The number of fused-ring (bicyclic) bond motifs is 2. The summed E-state index contributed by atoms with van der Waals surface area (Å²) in [6, 6.07) is 21.4. The van der Waals surface area contributed by atoms with Gasteiger partial charge in [-0.25, -0.2) is 0 Å². The second-order valence-electron chi connectivity index (χ2n) is 6.29. The van der Waals surface area contributed by atoms with Crippen LogP contribution < -0.4 is 5.32 Å². The number of hydrogen-bond donors (Lipinski definition) is 1. The van der Waals surface area contributed by atoms with E-state index in [1.807, 2.05) is 61.5 Å². The maximum atomic E-state index is 12.6. The van der Waals surface area contributed by atoms with Crippen LogP contribution in [0.4, 0.5) is 5.69 Å². The van der Waals surface area contributed by atoms with E-state index in [4.69, 9.17) is 16.6 Å². The lowest BCUT2D eigenvalue weighted by atomic mass is 10.1. The van der Waals surface area contributed by atoms with Crippen molar-refractivity contribution in [2.75, 3.05) is 0 Å². The first-order valence-electron chi connectivity index (χ1n) is 8.59. The fraction of sp³-hybridized carbons (Fsp3) is 0.0909. The molecule has 0 aliphatic carbocycles. The molecule has 0 radical (unpaired) electrons. The van der Waals surface area contributed by atoms with E-state index in [1.165, 1.54) is 4.90 Å². The zero-order chi connectivity index (χ0) is 18.8. The van der Waals surface area contributed by atoms with Crippen LogP contribution in [0.5, 0.6) is 0 Å². The first kappa shape index (κ1) is 17.8. The normalized spacial score (nSPS) is 12.4. The lowest BCUT2D eigenvalue weighted by Crippen LogP contribution is -2.22. The predicted octanol–water partition coefficient (Wildman–Crippen LogP) is 5.88. The Morgan fingerprint density at radius 1 is 1.04 bits per heavy atom. The van der Waals surface area contributed by atoms with E-state index in [0.29, 0.717) is 17.1 Å². The maximum absolute atomic E-state index is 12.6. The molecule has 5 heteroatoms. The number of amides is 1. The van der Waals surface area contributed by atoms with E-state index >= 15 is 0 Å². The van der Waals surface area contributed by atoms with Crippen LogP contribution in [-0.4, -0.2) is 11.6 Å². The average molecular weight is 393 g/mol. The van der Waals surface area contributed by atoms with Crippen molar-refractivity contribution in [3.63, 3.8) is 0 Å². The lowest BCUT2D eigenvalue weighted by Gasteiger charge is -2.08. The lowest BCUT2D eigenvalue weighted by molar-refractivity contribution is 0.0951. The highest BCUT2D eigenvalue weighted by Crippen LogP contribution is 2.40. The minimum atomic E-state index is -0.127. The third-order valence-electron chi connectivity index (χ3n) is 4.35. The van der Waals surface area contributed by atoms with Crippen molar-refractivity contribution in [1.82, 2.24) is 5.32 Å². The van der Waals surface area contributed by atoms with Crippen LogP contribution in [-0.2, 0) is 6.54 Å². The molecule has 0 bridgehead atoms. The van der Waals surface area contributed by atoms with Crippen molar-refractivity contribution in [3.8, 4) is 0 Å². The molecule has 0 atom stereocenters. The number of aliphatic imine (C=N–C) groups is 1. The van der Waals surface area contributed by atoms with E-state index in [9.17, 15) is 4.79 Å². The minimum Gasteiger partial charge on any atom is -0.348 e. The molecule has 134 valence electrons. The molecule has 1 amide bonds. The largest absolute Gasteiger partial charge is 0.348 e. The summed E-state index contributed by atoms with van der Waals surface area (Å²) in [5, 5.41) is 3.60. The summed E-state index contributed by atoms with van der Waals surface area (Å²) in [4.78, 5) is 19.6. The van der Waals surface area contributed by atoms with Gasteiger partial charge in [0.1, 0.15) is 0 Å². The first-order valence-corrected chi connectivity index (χ1v) is 9.79. The Morgan fingerprint density at radius 2 is 1.89 bits per heavy atom. The summed E-state index contributed by atoms with van der Waals surface area (Å²) in [5.74, 6) is -0.127. The average Bonchev–Trinajstić information content (AvgIpc) is 2.81. The molecule has 27 heavy (non-hydrogen) atoms. The van der Waals surface area contributed by atoms with Gasteiger partial charge in [-0.2, -0.15) is 0 Å². The number of benzene rings is 3. The quantitative estimate of drug-likeness (QED) is 0.605. The van der Waals surface area contributed by atoms with Gasteiger partial charge in [0.05, 0.1) is 5.69 Å². The minimum absolute atomic E-state index is 0.127. The second-order valence-corrected chi connectivity index (χ2v) is 7.81. The van der Waals surface area contributed by atoms with Crippen molar-refractivity contribution in [2.45, 2.75) is 23.3 Å². The molecule has 3 aromatic carbocycles. The van der Waals surface area contributed by atoms with Gasteiger partial charge in [0, 0.05) is 38.2 Å². The number of nitrogens with zero attached hydrogens (tertiary/aromatic N) is 1. The summed E-state index contributed by atoms with van der Waals surface area (Å²) in [6.45, 7) is 2.43. The molecule has 3 nitrogen and oxygen atoms in total. The molecule has 0 saturated heterocycles. The number of carbonyl (C=O) groups is 1. The molecule has 0 saturated carbocycles. The fourth-order valence-corrected chi connectivity index (χ4v) is 4.24. The van der Waals surface area contributed by atoms with Crippen LogP contribution in [0.25, 0.3) is 0 Å². The van der Waals surface area contributed by atoms with Gasteiger partial charge in [-0.15, -0.1) is 0 Å². The standard InChI is InChI=1S/C22H17ClN2OS/c1-14-18-7-2-3-8-20(18)27-21-10-9-16(12-19(21)25-14)22(26)24-13-15-5-4-6-17(23)11-15/h2-12H,13H2,1H3,(H,24,26). The molecule has 1 aliphatic rings. The molecule has 1 N–H and O–H groups in total. The Bertz CT molecular complexity index is 1060. The highest BCUT2D eigenvalue weighted by atomic mass is 35.5. The van der Waals surface area contributed by atoms with Gasteiger partial charge in [-0.1, -0.05) is 53.7 Å². The molecular formula is C22H17ClN2OS. The van der Waals surface area contributed by atoms with Crippen LogP contribution in [0, 0.1) is 0 Å². The summed E-state index contributed by atoms with van der Waals surface area (Å²) in [7, 11) is 0. The van der Waals surface area contributed by atoms with Gasteiger partial charge in [-0.3, -0.25) is 9.79 Å². The van der Waals surface area contributed by atoms with Crippen LogP contribution >= 0.6 is 23.4 Å². The van der Waals surface area contributed by atoms with Gasteiger partial charge in [0.25, 0.3) is 5.91 Å².